The lowest BCUT2D eigenvalue weighted by molar-refractivity contribution is 0.272. The third kappa shape index (κ3) is 26500. The van der Waals surface area contributed by atoms with E-state index in [9.17, 15) is 0 Å². The fourth-order valence-corrected chi connectivity index (χ4v) is 0. The van der Waals surface area contributed by atoms with E-state index in [0.29, 0.717) is 0 Å². The third-order valence-electron chi connectivity index (χ3n) is 0. The zero-order chi connectivity index (χ0) is 9.00. The second-order valence-electron chi connectivity index (χ2n) is 1.03. The first-order valence-corrected chi connectivity index (χ1v) is 4.70. The summed E-state index contributed by atoms with van der Waals surface area (Å²) in [6.07, 6.45) is 0. The van der Waals surface area contributed by atoms with Crippen molar-refractivity contribution in [1.82, 2.24) is 0 Å². The Hall–Kier alpha value is 0.180. The van der Waals surface area contributed by atoms with Crippen molar-refractivity contribution >= 4 is 15.6 Å². The van der Waals surface area contributed by atoms with Crippen LogP contribution in [0.15, 0.2) is 0 Å². The van der Waals surface area contributed by atoms with Crippen LogP contribution in [0.4, 0.5) is 0 Å². The molecule has 0 fully saturated rings. The number of hydrogen-bond acceptors (Lipinski definition) is 2. The molecule has 0 aromatic rings. The molecule has 0 aliphatic rings. The highest BCUT2D eigenvalue weighted by molar-refractivity contribution is 7.45. The normalized spacial score (nSPS) is 9.83. The van der Waals surface area contributed by atoms with E-state index >= 15 is 0 Å². The second kappa shape index (κ2) is 7.81. The van der Waals surface area contributed by atoms with Gasteiger partial charge in [-0.15, -0.1) is 0 Å². The van der Waals surface area contributed by atoms with E-state index in [2.05, 4.69) is 0 Å². The molecular weight excluding hydrogens is 218 g/mol. The minimum atomic E-state index is -4.64. The molecule has 0 aliphatic heterocycles. The Kier molecular flexibility index (Phi) is 14.8. The standard InChI is InChI=1S/CH4.2H3O4P.H2O/c;2*1-5(2,3)4;/h1H4;2*(H3,1,2,3,4);1H2. The zero-order valence-corrected chi connectivity index (χ0v) is 6.68. The highest BCUT2D eigenvalue weighted by Crippen LogP contribution is 2.26. The molecule has 11 heteroatoms. The molecule has 0 unspecified atom stereocenters. The first-order valence-electron chi connectivity index (χ1n) is 1.57. The van der Waals surface area contributed by atoms with Crippen molar-refractivity contribution in [2.24, 2.45) is 0 Å². The SMILES string of the molecule is C.O.O=P(O)(O)O.O=P(O)(O)O. The molecule has 80 valence electrons. The van der Waals surface area contributed by atoms with Crippen LogP contribution in [-0.2, 0) is 9.13 Å². The van der Waals surface area contributed by atoms with Crippen molar-refractivity contribution in [2.75, 3.05) is 0 Å². The van der Waals surface area contributed by atoms with Gasteiger partial charge in [-0.25, -0.2) is 9.13 Å². The van der Waals surface area contributed by atoms with E-state index in [-0.39, 0.29) is 12.9 Å². The van der Waals surface area contributed by atoms with E-state index in [1.165, 1.54) is 0 Å². The van der Waals surface area contributed by atoms with Gasteiger partial charge in [0.2, 0.25) is 0 Å². The predicted molar refractivity (Wildman–Crippen MR) is 38.9 cm³/mol. The molecule has 0 aromatic heterocycles. The first kappa shape index (κ1) is 22.8. The summed E-state index contributed by atoms with van der Waals surface area (Å²) in [6, 6.07) is 0. The molecule has 0 saturated heterocycles. The minimum absolute atomic E-state index is 0. The van der Waals surface area contributed by atoms with Gasteiger partial charge in [0.1, 0.15) is 0 Å². The van der Waals surface area contributed by atoms with E-state index in [1.54, 1.807) is 0 Å². The molecular formula is CH12O9P2. The van der Waals surface area contributed by atoms with Crippen molar-refractivity contribution in [3.63, 3.8) is 0 Å². The lowest BCUT2D eigenvalue weighted by Crippen LogP contribution is -1.66. The highest BCUT2D eigenvalue weighted by atomic mass is 31.2. The Balaban J connectivity index is -0.0000000457. The molecule has 0 aromatic carbocycles. The first-order chi connectivity index (χ1) is 4.00. The average molecular weight is 230 g/mol. The fourth-order valence-electron chi connectivity index (χ4n) is 0. The average Bonchev–Trinajstić information content (AvgIpc) is 1.12. The lowest BCUT2D eigenvalue weighted by Gasteiger charge is -1.82. The molecule has 0 bridgehead atoms. The van der Waals surface area contributed by atoms with Crippen LogP contribution in [0.1, 0.15) is 7.43 Å². The van der Waals surface area contributed by atoms with Crippen LogP contribution in [-0.4, -0.2) is 34.8 Å². The van der Waals surface area contributed by atoms with Crippen molar-refractivity contribution < 1.29 is 44.0 Å². The maximum Gasteiger partial charge on any atom is 0.466 e. The van der Waals surface area contributed by atoms with E-state index in [0.717, 1.165) is 0 Å². The minimum Gasteiger partial charge on any atom is -0.412 e. The molecule has 0 radical (unpaired) electrons. The van der Waals surface area contributed by atoms with Crippen LogP contribution >= 0.6 is 15.6 Å². The summed E-state index contributed by atoms with van der Waals surface area (Å²) in [4.78, 5) is 43.1. The summed E-state index contributed by atoms with van der Waals surface area (Å²) in [5.74, 6) is 0. The van der Waals surface area contributed by atoms with Gasteiger partial charge in [-0.3, -0.25) is 0 Å². The maximum atomic E-state index is 8.88. The predicted octanol–water partition coefficient (Wildman–Crippen LogP) is -2.05. The summed E-state index contributed by atoms with van der Waals surface area (Å²) in [6.45, 7) is 0. The van der Waals surface area contributed by atoms with Crippen molar-refractivity contribution in [1.29, 1.82) is 0 Å². The molecule has 0 rings (SSSR count). The van der Waals surface area contributed by atoms with Crippen LogP contribution in [0.5, 0.6) is 0 Å². The Morgan fingerprint density at radius 1 is 0.667 bits per heavy atom. The summed E-state index contributed by atoms with van der Waals surface area (Å²) in [7, 11) is -9.28. The van der Waals surface area contributed by atoms with E-state index < -0.39 is 15.6 Å². The monoisotopic (exact) mass is 230 g/mol. The van der Waals surface area contributed by atoms with Gasteiger partial charge in [-0.2, -0.15) is 0 Å². The van der Waals surface area contributed by atoms with E-state index in [4.69, 9.17) is 38.5 Å². The van der Waals surface area contributed by atoms with Crippen molar-refractivity contribution in [2.45, 2.75) is 7.43 Å². The van der Waals surface area contributed by atoms with Gasteiger partial charge in [0.05, 0.1) is 0 Å². The smallest absolute Gasteiger partial charge is 0.412 e. The molecule has 12 heavy (non-hydrogen) atoms. The van der Waals surface area contributed by atoms with Crippen LogP contribution in [0, 0.1) is 0 Å². The highest BCUT2D eigenvalue weighted by Gasteiger charge is 2.00. The third-order valence-corrected chi connectivity index (χ3v) is 0. The Morgan fingerprint density at radius 3 is 0.667 bits per heavy atom. The number of rotatable bonds is 0. The molecule has 8 N–H and O–H groups in total. The Labute approximate surface area is 68.1 Å². The molecule has 0 saturated carbocycles. The van der Waals surface area contributed by atoms with Gasteiger partial charge in [0.25, 0.3) is 0 Å². The van der Waals surface area contributed by atoms with Crippen LogP contribution in [0.25, 0.3) is 0 Å². The van der Waals surface area contributed by atoms with Gasteiger partial charge < -0.3 is 34.8 Å². The summed E-state index contributed by atoms with van der Waals surface area (Å²) < 4.78 is 17.8. The summed E-state index contributed by atoms with van der Waals surface area (Å²) >= 11 is 0. The lowest BCUT2D eigenvalue weighted by atomic mass is 12.0. The second-order valence-corrected chi connectivity index (χ2v) is 3.08. The van der Waals surface area contributed by atoms with Gasteiger partial charge in [0, 0.05) is 0 Å². The molecule has 9 nitrogen and oxygen atoms in total. The molecule has 0 spiro atoms. The summed E-state index contributed by atoms with van der Waals surface area (Å²) in [5, 5.41) is 0. The van der Waals surface area contributed by atoms with Gasteiger partial charge in [-0.1, -0.05) is 7.43 Å². The number of phosphoric acid groups is 2. The maximum absolute atomic E-state index is 8.88. The molecule has 0 atom stereocenters. The van der Waals surface area contributed by atoms with Crippen LogP contribution < -0.4 is 0 Å². The van der Waals surface area contributed by atoms with E-state index in [1.807, 2.05) is 0 Å². The van der Waals surface area contributed by atoms with Crippen molar-refractivity contribution in [3.8, 4) is 0 Å². The Morgan fingerprint density at radius 2 is 0.667 bits per heavy atom. The molecule has 0 heterocycles. The zero-order valence-electron chi connectivity index (χ0n) is 4.89. The molecule has 0 amide bonds. The fraction of sp³-hybridized carbons (Fsp3) is 1.00. The van der Waals surface area contributed by atoms with Gasteiger partial charge >= 0.3 is 15.6 Å². The van der Waals surface area contributed by atoms with Crippen molar-refractivity contribution in [3.05, 3.63) is 0 Å². The number of hydrogen-bond donors (Lipinski definition) is 6. The summed E-state index contributed by atoms with van der Waals surface area (Å²) in [5.41, 5.74) is 0. The van der Waals surface area contributed by atoms with Crippen LogP contribution in [0.2, 0.25) is 0 Å². The molecule has 0 aliphatic carbocycles. The van der Waals surface area contributed by atoms with Crippen LogP contribution in [0.3, 0.4) is 0 Å². The quantitative estimate of drug-likeness (QED) is 0.256. The van der Waals surface area contributed by atoms with Gasteiger partial charge in [0.15, 0.2) is 0 Å². The largest absolute Gasteiger partial charge is 0.466 e. The topological polar surface area (TPSA) is 187 Å². The Bertz CT molecular complexity index is 125. The van der Waals surface area contributed by atoms with Gasteiger partial charge in [-0.05, 0) is 0 Å².